The standard InChI is InChI=1S/C31H42N6O5/c1-5-41-25(38)20-36-21-32-26-27(35-15-17-40-18-16-35)33-29(34-28(26)36)37(30(39)42-31(2,3)4)19-22-11-13-24(14-12-22)23-9-7-6-8-10-23/h11-14,21,23H,5-10,15-20H2,1-4H3. The summed E-state index contributed by atoms with van der Waals surface area (Å²) in [5.74, 6) is 0.963. The molecular formula is C31H42N6O5. The Balaban J connectivity index is 1.53. The molecule has 0 spiro atoms. The van der Waals surface area contributed by atoms with Crippen molar-refractivity contribution >= 4 is 35.0 Å². The number of imidazole rings is 1. The van der Waals surface area contributed by atoms with E-state index in [1.165, 1.54) is 42.6 Å². The summed E-state index contributed by atoms with van der Waals surface area (Å²) in [5.41, 5.74) is 2.55. The van der Waals surface area contributed by atoms with E-state index in [9.17, 15) is 9.59 Å². The number of carbonyl (C=O) groups is 2. The molecule has 3 heterocycles. The maximum Gasteiger partial charge on any atom is 0.417 e. The van der Waals surface area contributed by atoms with E-state index in [4.69, 9.17) is 24.2 Å². The maximum atomic E-state index is 13.7. The van der Waals surface area contributed by atoms with Crippen LogP contribution in [0.4, 0.5) is 16.6 Å². The van der Waals surface area contributed by atoms with Crippen molar-refractivity contribution in [1.29, 1.82) is 0 Å². The molecule has 0 bridgehead atoms. The molecule has 1 aliphatic heterocycles. The molecule has 0 N–H and O–H groups in total. The lowest BCUT2D eigenvalue weighted by Crippen LogP contribution is -2.39. The van der Waals surface area contributed by atoms with Crippen molar-refractivity contribution in [3.8, 4) is 0 Å². The Morgan fingerprint density at radius 3 is 2.43 bits per heavy atom. The predicted octanol–water partition coefficient (Wildman–Crippen LogP) is 5.22. The first-order chi connectivity index (χ1) is 20.2. The SMILES string of the molecule is CCOC(=O)Cn1cnc2c(N3CCOCC3)nc(N(Cc3ccc(C4CCCCC4)cc3)C(=O)OC(C)(C)C)nc21. The first-order valence-corrected chi connectivity index (χ1v) is 15.0. The molecule has 2 fully saturated rings. The van der Waals surface area contributed by atoms with E-state index >= 15 is 0 Å². The summed E-state index contributed by atoms with van der Waals surface area (Å²) >= 11 is 0. The Morgan fingerprint density at radius 1 is 1.05 bits per heavy atom. The largest absolute Gasteiger partial charge is 0.465 e. The van der Waals surface area contributed by atoms with Crippen molar-refractivity contribution in [2.24, 2.45) is 0 Å². The van der Waals surface area contributed by atoms with Crippen LogP contribution in [0, 0.1) is 0 Å². The fraction of sp³-hybridized carbons (Fsp3) is 0.581. The second-order valence-corrected chi connectivity index (χ2v) is 11.9. The van der Waals surface area contributed by atoms with Crippen LogP contribution < -0.4 is 9.80 Å². The Bertz CT molecular complexity index is 1370. The van der Waals surface area contributed by atoms with Crippen LogP contribution in [0.3, 0.4) is 0 Å². The van der Waals surface area contributed by atoms with Gasteiger partial charge in [0.05, 0.1) is 32.7 Å². The highest BCUT2D eigenvalue weighted by molar-refractivity contribution is 5.90. The van der Waals surface area contributed by atoms with Gasteiger partial charge in [0.15, 0.2) is 17.0 Å². The maximum absolute atomic E-state index is 13.7. The Hall–Kier alpha value is -3.73. The fourth-order valence-electron chi connectivity index (χ4n) is 5.54. The van der Waals surface area contributed by atoms with Gasteiger partial charge in [0, 0.05) is 13.1 Å². The molecule has 1 saturated heterocycles. The normalized spacial score (nSPS) is 16.4. The van der Waals surface area contributed by atoms with Crippen molar-refractivity contribution in [2.45, 2.75) is 84.4 Å². The molecule has 1 aliphatic carbocycles. The van der Waals surface area contributed by atoms with Crippen LogP contribution >= 0.6 is 0 Å². The number of ether oxygens (including phenoxy) is 3. The summed E-state index contributed by atoms with van der Waals surface area (Å²) in [6.07, 6.45) is 7.32. The number of anilines is 2. The number of benzene rings is 1. The van der Waals surface area contributed by atoms with Crippen molar-refractivity contribution < 1.29 is 23.8 Å². The number of morpholine rings is 1. The molecule has 11 nitrogen and oxygen atoms in total. The minimum Gasteiger partial charge on any atom is -0.465 e. The number of hydrogen-bond acceptors (Lipinski definition) is 9. The predicted molar refractivity (Wildman–Crippen MR) is 160 cm³/mol. The van der Waals surface area contributed by atoms with Crippen LogP contribution in [0.2, 0.25) is 0 Å². The van der Waals surface area contributed by atoms with Crippen LogP contribution in [0.5, 0.6) is 0 Å². The van der Waals surface area contributed by atoms with Crippen LogP contribution in [0.25, 0.3) is 11.2 Å². The van der Waals surface area contributed by atoms with Gasteiger partial charge >= 0.3 is 12.1 Å². The Kier molecular flexibility index (Phi) is 9.25. The lowest BCUT2D eigenvalue weighted by molar-refractivity contribution is -0.143. The zero-order valence-electron chi connectivity index (χ0n) is 25.2. The van der Waals surface area contributed by atoms with Crippen LogP contribution in [0.1, 0.15) is 76.8 Å². The number of amides is 1. The fourth-order valence-corrected chi connectivity index (χ4v) is 5.54. The first kappa shape index (κ1) is 29.8. The van der Waals surface area contributed by atoms with Gasteiger partial charge in [0.25, 0.3) is 0 Å². The van der Waals surface area contributed by atoms with Crippen LogP contribution in [-0.2, 0) is 32.1 Å². The van der Waals surface area contributed by atoms with Gasteiger partial charge < -0.3 is 23.7 Å². The number of rotatable bonds is 8. The number of carbonyl (C=O) groups excluding carboxylic acids is 2. The highest BCUT2D eigenvalue weighted by atomic mass is 16.6. The van der Waals surface area contributed by atoms with E-state index in [0.29, 0.717) is 49.2 Å². The quantitative estimate of drug-likeness (QED) is 0.332. The van der Waals surface area contributed by atoms with Crippen LogP contribution in [0.15, 0.2) is 30.6 Å². The van der Waals surface area contributed by atoms with Crippen molar-refractivity contribution in [3.63, 3.8) is 0 Å². The zero-order chi connectivity index (χ0) is 29.7. The summed E-state index contributed by atoms with van der Waals surface area (Å²) in [4.78, 5) is 43.8. The number of aromatic nitrogens is 4. The van der Waals surface area contributed by atoms with Gasteiger partial charge in [-0.25, -0.2) is 14.7 Å². The number of esters is 1. The van der Waals surface area contributed by atoms with Gasteiger partial charge in [-0.3, -0.25) is 4.79 Å². The van der Waals surface area contributed by atoms with Crippen molar-refractivity contribution in [1.82, 2.24) is 19.5 Å². The number of nitrogens with zero attached hydrogens (tertiary/aromatic N) is 6. The van der Waals surface area contributed by atoms with E-state index in [1.807, 2.05) is 20.8 Å². The summed E-state index contributed by atoms with van der Waals surface area (Å²) < 4.78 is 18.2. The van der Waals surface area contributed by atoms with E-state index in [1.54, 1.807) is 17.8 Å². The summed E-state index contributed by atoms with van der Waals surface area (Å²) in [7, 11) is 0. The molecule has 2 aromatic heterocycles. The lowest BCUT2D eigenvalue weighted by Gasteiger charge is -2.30. The van der Waals surface area contributed by atoms with Crippen LogP contribution in [-0.4, -0.2) is 70.1 Å². The molecule has 0 atom stereocenters. The molecule has 5 rings (SSSR count). The molecule has 1 amide bonds. The van der Waals surface area contributed by atoms with Gasteiger partial charge in [-0.05, 0) is 57.6 Å². The third-order valence-electron chi connectivity index (χ3n) is 7.60. The molecule has 2 aliphatic rings. The highest BCUT2D eigenvalue weighted by Gasteiger charge is 2.29. The third kappa shape index (κ3) is 7.18. The molecule has 0 unspecified atom stereocenters. The average Bonchev–Trinajstić information content (AvgIpc) is 3.38. The smallest absolute Gasteiger partial charge is 0.417 e. The van der Waals surface area contributed by atoms with Crippen molar-refractivity contribution in [3.05, 3.63) is 41.7 Å². The topological polar surface area (TPSA) is 112 Å². The highest BCUT2D eigenvalue weighted by Crippen LogP contribution is 2.33. The Morgan fingerprint density at radius 2 is 1.76 bits per heavy atom. The molecule has 226 valence electrons. The van der Waals surface area contributed by atoms with Gasteiger partial charge in [-0.15, -0.1) is 0 Å². The third-order valence-corrected chi connectivity index (χ3v) is 7.60. The second kappa shape index (κ2) is 13.1. The summed E-state index contributed by atoms with van der Waals surface area (Å²) in [5, 5.41) is 0. The molecular weight excluding hydrogens is 536 g/mol. The number of fused-ring (bicyclic) bond motifs is 1. The van der Waals surface area contributed by atoms with Gasteiger partial charge in [0.1, 0.15) is 12.1 Å². The van der Waals surface area contributed by atoms with Gasteiger partial charge in [0.2, 0.25) is 5.95 Å². The molecule has 11 heteroatoms. The van der Waals surface area contributed by atoms with E-state index in [-0.39, 0.29) is 25.6 Å². The Labute approximate surface area is 247 Å². The molecule has 1 aromatic carbocycles. The number of hydrogen-bond donors (Lipinski definition) is 0. The molecule has 1 saturated carbocycles. The average molecular weight is 579 g/mol. The van der Waals surface area contributed by atoms with E-state index in [2.05, 4.69) is 34.1 Å². The van der Waals surface area contributed by atoms with Gasteiger partial charge in [-0.1, -0.05) is 43.5 Å². The summed E-state index contributed by atoms with van der Waals surface area (Å²) in [6, 6.07) is 8.51. The minimum absolute atomic E-state index is 0.0571. The minimum atomic E-state index is -0.719. The first-order valence-electron chi connectivity index (χ1n) is 15.0. The van der Waals surface area contributed by atoms with Gasteiger partial charge in [-0.2, -0.15) is 9.97 Å². The van der Waals surface area contributed by atoms with E-state index in [0.717, 1.165) is 5.56 Å². The van der Waals surface area contributed by atoms with Crippen molar-refractivity contribution in [2.75, 3.05) is 42.7 Å². The molecule has 0 radical (unpaired) electrons. The molecule has 42 heavy (non-hydrogen) atoms. The lowest BCUT2D eigenvalue weighted by atomic mass is 9.84. The van der Waals surface area contributed by atoms with E-state index < -0.39 is 17.7 Å². The zero-order valence-corrected chi connectivity index (χ0v) is 25.2. The molecule has 3 aromatic rings. The second-order valence-electron chi connectivity index (χ2n) is 11.9. The monoisotopic (exact) mass is 578 g/mol. The summed E-state index contributed by atoms with van der Waals surface area (Å²) in [6.45, 7) is 10.0.